The monoisotopic (exact) mass is 248 g/mol. The van der Waals surface area contributed by atoms with Gasteiger partial charge in [0, 0.05) is 0 Å². The molecule has 92 valence electrons. The van der Waals surface area contributed by atoms with Crippen molar-refractivity contribution in [3.63, 3.8) is 0 Å². The van der Waals surface area contributed by atoms with Crippen LogP contribution in [0.15, 0.2) is 42.5 Å². The lowest BCUT2D eigenvalue weighted by molar-refractivity contribution is 0.0601. The molecule has 4 heteroatoms. The van der Waals surface area contributed by atoms with Crippen LogP contribution in [-0.4, -0.2) is 13.1 Å². The first-order valence-corrected chi connectivity index (χ1v) is 5.25. The summed E-state index contributed by atoms with van der Waals surface area (Å²) in [7, 11) is 1.30. The molecule has 0 radical (unpaired) electrons. The molecule has 0 saturated heterocycles. The molecular formula is C14H10F2O2. The summed E-state index contributed by atoms with van der Waals surface area (Å²) < 4.78 is 30.4. The first-order chi connectivity index (χ1) is 8.61. The summed E-state index contributed by atoms with van der Waals surface area (Å²) in [5.41, 5.74) is 1.65. The van der Waals surface area contributed by atoms with E-state index in [1.54, 1.807) is 24.3 Å². The number of methoxy groups -OCH3 is 1. The summed E-state index contributed by atoms with van der Waals surface area (Å²) in [5, 5.41) is 0. The van der Waals surface area contributed by atoms with Gasteiger partial charge in [0.1, 0.15) is 0 Å². The molecule has 2 aromatic rings. The number of hydrogen-bond acceptors (Lipinski definition) is 2. The molecule has 0 spiro atoms. The first kappa shape index (κ1) is 12.2. The van der Waals surface area contributed by atoms with Crippen LogP contribution in [0.4, 0.5) is 8.78 Å². The Morgan fingerprint density at radius 1 is 0.944 bits per heavy atom. The number of esters is 1. The Labute approximate surface area is 103 Å². The lowest BCUT2D eigenvalue weighted by Gasteiger charge is -2.04. The van der Waals surface area contributed by atoms with Crippen LogP contribution in [0.3, 0.4) is 0 Å². The van der Waals surface area contributed by atoms with E-state index in [0.717, 1.165) is 12.1 Å². The highest BCUT2D eigenvalue weighted by molar-refractivity contribution is 5.89. The van der Waals surface area contributed by atoms with Crippen LogP contribution >= 0.6 is 0 Å². The molecule has 0 aliphatic rings. The second kappa shape index (κ2) is 4.96. The molecular weight excluding hydrogens is 238 g/mol. The summed E-state index contributed by atoms with van der Waals surface area (Å²) in [5.74, 6) is -2.22. The third kappa shape index (κ3) is 2.37. The highest BCUT2D eigenvalue weighted by atomic mass is 19.2. The van der Waals surface area contributed by atoms with E-state index in [1.807, 2.05) is 0 Å². The van der Waals surface area contributed by atoms with E-state index in [-0.39, 0.29) is 0 Å². The fourth-order valence-corrected chi connectivity index (χ4v) is 1.59. The van der Waals surface area contributed by atoms with E-state index in [4.69, 9.17) is 0 Å². The second-order valence-electron chi connectivity index (χ2n) is 3.70. The van der Waals surface area contributed by atoms with Crippen LogP contribution in [0.25, 0.3) is 11.1 Å². The van der Waals surface area contributed by atoms with E-state index in [1.165, 1.54) is 13.2 Å². The molecule has 2 rings (SSSR count). The van der Waals surface area contributed by atoms with E-state index in [9.17, 15) is 13.6 Å². The van der Waals surface area contributed by atoms with Crippen molar-refractivity contribution in [1.82, 2.24) is 0 Å². The maximum Gasteiger partial charge on any atom is 0.337 e. The average molecular weight is 248 g/mol. The van der Waals surface area contributed by atoms with Crippen LogP contribution < -0.4 is 0 Å². The van der Waals surface area contributed by atoms with Gasteiger partial charge < -0.3 is 4.74 Å². The zero-order valence-corrected chi connectivity index (χ0v) is 9.61. The van der Waals surface area contributed by atoms with Gasteiger partial charge in [0.2, 0.25) is 0 Å². The van der Waals surface area contributed by atoms with Gasteiger partial charge in [0.05, 0.1) is 12.7 Å². The molecule has 0 aliphatic carbocycles. The van der Waals surface area contributed by atoms with Crippen LogP contribution in [0.1, 0.15) is 10.4 Å². The lowest BCUT2D eigenvalue weighted by Crippen LogP contribution is -2.00. The van der Waals surface area contributed by atoms with Crippen molar-refractivity contribution < 1.29 is 18.3 Å². The van der Waals surface area contributed by atoms with Crippen LogP contribution in [0.5, 0.6) is 0 Å². The Bertz CT molecular complexity index is 577. The number of benzene rings is 2. The SMILES string of the molecule is COC(=O)c1ccc(-c2ccc(F)c(F)c2)cc1. The number of carbonyl (C=O) groups is 1. The third-order valence-corrected chi connectivity index (χ3v) is 2.56. The van der Waals surface area contributed by atoms with Crippen LogP contribution in [-0.2, 0) is 4.74 Å². The molecule has 2 nitrogen and oxygen atoms in total. The van der Waals surface area contributed by atoms with Crippen LogP contribution in [0, 0.1) is 11.6 Å². The van der Waals surface area contributed by atoms with Gasteiger partial charge in [-0.25, -0.2) is 13.6 Å². The van der Waals surface area contributed by atoms with Crippen molar-refractivity contribution in [1.29, 1.82) is 0 Å². The van der Waals surface area contributed by atoms with Gasteiger partial charge in [-0.1, -0.05) is 18.2 Å². The van der Waals surface area contributed by atoms with Crippen molar-refractivity contribution >= 4 is 5.97 Å². The molecule has 18 heavy (non-hydrogen) atoms. The van der Waals surface area contributed by atoms with Crippen LogP contribution in [0.2, 0.25) is 0 Å². The predicted octanol–water partition coefficient (Wildman–Crippen LogP) is 3.42. The highest BCUT2D eigenvalue weighted by Gasteiger charge is 2.07. The normalized spacial score (nSPS) is 10.2. The lowest BCUT2D eigenvalue weighted by atomic mass is 10.0. The van der Waals surface area contributed by atoms with E-state index >= 15 is 0 Å². The Hall–Kier alpha value is -2.23. The van der Waals surface area contributed by atoms with Crippen molar-refractivity contribution in [2.24, 2.45) is 0 Å². The number of carbonyl (C=O) groups excluding carboxylic acids is 1. The van der Waals surface area contributed by atoms with Gasteiger partial charge in [-0.05, 0) is 35.4 Å². The smallest absolute Gasteiger partial charge is 0.337 e. The number of hydrogen-bond donors (Lipinski definition) is 0. The second-order valence-corrected chi connectivity index (χ2v) is 3.70. The molecule has 0 heterocycles. The Morgan fingerprint density at radius 3 is 2.11 bits per heavy atom. The minimum atomic E-state index is -0.899. The Balaban J connectivity index is 2.34. The fraction of sp³-hybridized carbons (Fsp3) is 0.0714. The average Bonchev–Trinajstić information content (AvgIpc) is 2.41. The number of rotatable bonds is 2. The maximum absolute atomic E-state index is 13.1. The van der Waals surface area contributed by atoms with Gasteiger partial charge in [0.25, 0.3) is 0 Å². The molecule has 0 fully saturated rings. The van der Waals surface area contributed by atoms with Crippen molar-refractivity contribution in [2.45, 2.75) is 0 Å². The van der Waals surface area contributed by atoms with Gasteiger partial charge in [-0.2, -0.15) is 0 Å². The minimum Gasteiger partial charge on any atom is -0.465 e. The zero-order valence-electron chi connectivity index (χ0n) is 9.61. The molecule has 2 aromatic carbocycles. The molecule has 0 aliphatic heterocycles. The van der Waals surface area contributed by atoms with Crippen molar-refractivity contribution in [2.75, 3.05) is 7.11 Å². The highest BCUT2D eigenvalue weighted by Crippen LogP contribution is 2.22. The van der Waals surface area contributed by atoms with E-state index < -0.39 is 17.6 Å². The van der Waals surface area contributed by atoms with Gasteiger partial charge >= 0.3 is 5.97 Å². The molecule has 0 N–H and O–H groups in total. The predicted molar refractivity (Wildman–Crippen MR) is 63.1 cm³/mol. The van der Waals surface area contributed by atoms with Crippen molar-refractivity contribution in [3.8, 4) is 11.1 Å². The molecule has 0 aromatic heterocycles. The zero-order chi connectivity index (χ0) is 13.1. The summed E-state index contributed by atoms with van der Waals surface area (Å²) in [6, 6.07) is 10.1. The van der Waals surface area contributed by atoms with E-state index in [2.05, 4.69) is 4.74 Å². The van der Waals surface area contributed by atoms with Gasteiger partial charge in [-0.15, -0.1) is 0 Å². The van der Waals surface area contributed by atoms with E-state index in [0.29, 0.717) is 16.7 Å². The molecule has 0 bridgehead atoms. The summed E-state index contributed by atoms with van der Waals surface area (Å²) >= 11 is 0. The number of ether oxygens (including phenoxy) is 1. The maximum atomic E-state index is 13.1. The molecule has 0 atom stereocenters. The van der Waals surface area contributed by atoms with Gasteiger partial charge in [-0.3, -0.25) is 0 Å². The molecule has 0 saturated carbocycles. The number of halogens is 2. The largest absolute Gasteiger partial charge is 0.465 e. The summed E-state index contributed by atoms with van der Waals surface area (Å²) in [6.45, 7) is 0. The minimum absolute atomic E-state index is 0.406. The quantitative estimate of drug-likeness (QED) is 0.761. The Kier molecular flexibility index (Phi) is 3.37. The topological polar surface area (TPSA) is 26.3 Å². The Morgan fingerprint density at radius 2 is 1.56 bits per heavy atom. The molecule has 0 amide bonds. The standard InChI is InChI=1S/C14H10F2O2/c1-18-14(17)10-4-2-9(3-5-10)11-6-7-12(15)13(16)8-11/h2-8H,1H3. The first-order valence-electron chi connectivity index (χ1n) is 5.25. The fourth-order valence-electron chi connectivity index (χ4n) is 1.59. The summed E-state index contributed by atoms with van der Waals surface area (Å²) in [6.07, 6.45) is 0. The summed E-state index contributed by atoms with van der Waals surface area (Å²) in [4.78, 5) is 11.2. The van der Waals surface area contributed by atoms with Crippen molar-refractivity contribution in [3.05, 3.63) is 59.7 Å². The third-order valence-electron chi connectivity index (χ3n) is 2.56. The molecule has 0 unspecified atom stereocenters. The van der Waals surface area contributed by atoms with Gasteiger partial charge in [0.15, 0.2) is 11.6 Å².